The van der Waals surface area contributed by atoms with Crippen LogP contribution in [-0.4, -0.2) is 31.0 Å². The summed E-state index contributed by atoms with van der Waals surface area (Å²) in [4.78, 5) is 12.5. The van der Waals surface area contributed by atoms with Crippen molar-refractivity contribution in [3.8, 4) is 11.5 Å². The third kappa shape index (κ3) is 4.42. The van der Waals surface area contributed by atoms with E-state index < -0.39 is 0 Å². The van der Waals surface area contributed by atoms with Crippen molar-refractivity contribution in [1.29, 1.82) is 0 Å². The highest BCUT2D eigenvalue weighted by Gasteiger charge is 2.19. The Bertz CT molecular complexity index is 706. The Hall–Kier alpha value is -2.73. The maximum absolute atomic E-state index is 12.5. The number of urea groups is 1. The van der Waals surface area contributed by atoms with E-state index in [0.717, 1.165) is 5.56 Å². The Morgan fingerprint density at radius 1 is 1.08 bits per heavy atom. The fourth-order valence-corrected chi connectivity index (χ4v) is 2.79. The Morgan fingerprint density at radius 2 is 1.88 bits per heavy atom. The van der Waals surface area contributed by atoms with Crippen LogP contribution in [0.3, 0.4) is 0 Å². The van der Waals surface area contributed by atoms with E-state index in [1.54, 1.807) is 6.07 Å². The maximum Gasteiger partial charge on any atom is 0.319 e. The van der Waals surface area contributed by atoms with E-state index in [4.69, 9.17) is 14.6 Å². The van der Waals surface area contributed by atoms with E-state index in [1.165, 1.54) is 0 Å². The first kappa shape index (κ1) is 17.1. The average molecular weight is 342 g/mol. The van der Waals surface area contributed by atoms with Crippen molar-refractivity contribution >= 4 is 11.7 Å². The molecule has 0 aromatic heterocycles. The van der Waals surface area contributed by atoms with Crippen LogP contribution in [0.1, 0.15) is 24.4 Å². The quantitative estimate of drug-likeness (QED) is 0.754. The first-order valence-corrected chi connectivity index (χ1v) is 8.40. The van der Waals surface area contributed by atoms with Crippen molar-refractivity contribution in [3.05, 3.63) is 54.1 Å². The summed E-state index contributed by atoms with van der Waals surface area (Å²) in [7, 11) is 0. The molecule has 1 atom stereocenters. The number of hydrogen-bond acceptors (Lipinski definition) is 4. The van der Waals surface area contributed by atoms with E-state index in [-0.39, 0.29) is 18.7 Å². The molecule has 0 bridgehead atoms. The first-order chi connectivity index (χ1) is 12.3. The Labute approximate surface area is 146 Å². The van der Waals surface area contributed by atoms with Gasteiger partial charge in [-0.25, -0.2) is 4.79 Å². The van der Waals surface area contributed by atoms with E-state index in [1.807, 2.05) is 42.5 Å². The zero-order chi connectivity index (χ0) is 17.5. The van der Waals surface area contributed by atoms with Gasteiger partial charge in [0, 0.05) is 6.61 Å². The molecule has 2 aromatic carbocycles. The lowest BCUT2D eigenvalue weighted by Gasteiger charge is -2.23. The molecule has 0 radical (unpaired) electrons. The Kier molecular flexibility index (Phi) is 5.74. The molecule has 2 aromatic rings. The molecule has 0 fully saturated rings. The number of ether oxygens (including phenoxy) is 2. The molecule has 0 spiro atoms. The Morgan fingerprint density at radius 3 is 2.68 bits per heavy atom. The highest BCUT2D eigenvalue weighted by Crippen LogP contribution is 2.37. The van der Waals surface area contributed by atoms with Gasteiger partial charge in [0.15, 0.2) is 11.5 Å². The van der Waals surface area contributed by atoms with E-state index >= 15 is 0 Å². The maximum atomic E-state index is 12.5. The molecule has 1 aliphatic rings. The predicted molar refractivity (Wildman–Crippen MR) is 95.1 cm³/mol. The van der Waals surface area contributed by atoms with Crippen molar-refractivity contribution in [2.24, 2.45) is 0 Å². The molecular weight excluding hydrogens is 320 g/mol. The number of carbonyl (C=O) groups is 1. The number of benzene rings is 2. The molecule has 3 rings (SSSR count). The van der Waals surface area contributed by atoms with Gasteiger partial charge in [0.05, 0.1) is 11.7 Å². The zero-order valence-electron chi connectivity index (χ0n) is 13.9. The lowest BCUT2D eigenvalue weighted by atomic mass is 10.0. The van der Waals surface area contributed by atoms with Gasteiger partial charge in [-0.3, -0.25) is 0 Å². The van der Waals surface area contributed by atoms with Gasteiger partial charge in [0.2, 0.25) is 0 Å². The highest BCUT2D eigenvalue weighted by molar-refractivity contribution is 5.91. The number of carbonyl (C=O) groups excluding carboxylic acids is 1. The number of nitrogens with one attached hydrogen (secondary N) is 2. The molecule has 2 amide bonds. The highest BCUT2D eigenvalue weighted by atomic mass is 16.6. The number of fused-ring (bicyclic) bond motifs is 1. The molecular formula is C19H22N2O4. The number of aliphatic hydroxyl groups excluding tert-OH is 1. The molecule has 1 heterocycles. The summed E-state index contributed by atoms with van der Waals surface area (Å²) in [6.07, 6.45) is 1.26. The summed E-state index contributed by atoms with van der Waals surface area (Å²) in [5.74, 6) is 1.18. The van der Waals surface area contributed by atoms with Crippen molar-refractivity contribution < 1.29 is 19.4 Å². The molecule has 0 unspecified atom stereocenters. The summed E-state index contributed by atoms with van der Waals surface area (Å²) in [5, 5.41) is 14.9. The summed E-state index contributed by atoms with van der Waals surface area (Å²) >= 11 is 0. The van der Waals surface area contributed by atoms with Crippen LogP contribution in [-0.2, 0) is 0 Å². The topological polar surface area (TPSA) is 79.8 Å². The molecule has 6 heteroatoms. The van der Waals surface area contributed by atoms with Gasteiger partial charge in [0.25, 0.3) is 0 Å². The summed E-state index contributed by atoms with van der Waals surface area (Å²) in [6.45, 7) is 1.04. The summed E-state index contributed by atoms with van der Waals surface area (Å²) in [5.41, 5.74) is 1.57. The average Bonchev–Trinajstić information content (AvgIpc) is 2.66. The second-order valence-corrected chi connectivity index (χ2v) is 5.76. The number of aliphatic hydroxyl groups is 1. The van der Waals surface area contributed by atoms with Crippen molar-refractivity contribution in [3.63, 3.8) is 0 Å². The van der Waals surface area contributed by atoms with Gasteiger partial charge in [-0.2, -0.15) is 0 Å². The number of hydrogen-bond donors (Lipinski definition) is 3. The van der Waals surface area contributed by atoms with Gasteiger partial charge in [-0.15, -0.1) is 0 Å². The van der Waals surface area contributed by atoms with Crippen LogP contribution in [0.15, 0.2) is 48.5 Å². The molecule has 0 saturated carbocycles. The standard InChI is InChI=1S/C19H22N2O4/c22-11-5-9-15(14-6-2-1-3-7-14)20-19(23)21-16-8-4-10-17-18(16)25-13-12-24-17/h1-4,6-8,10,15,22H,5,9,11-13H2,(H2,20,21,23)/t15-/m1/s1. The number of para-hydroxylation sites is 1. The number of amides is 2. The van der Waals surface area contributed by atoms with E-state index in [9.17, 15) is 4.79 Å². The summed E-state index contributed by atoms with van der Waals surface area (Å²) in [6, 6.07) is 14.6. The third-order valence-electron chi connectivity index (χ3n) is 3.97. The van der Waals surface area contributed by atoms with Crippen LogP contribution >= 0.6 is 0 Å². The zero-order valence-corrected chi connectivity index (χ0v) is 13.9. The minimum atomic E-state index is -0.325. The predicted octanol–water partition coefficient (Wildman–Crippen LogP) is 3.09. The number of anilines is 1. The monoisotopic (exact) mass is 342 g/mol. The minimum Gasteiger partial charge on any atom is -0.486 e. The van der Waals surface area contributed by atoms with Crippen molar-refractivity contribution in [2.75, 3.05) is 25.1 Å². The molecule has 25 heavy (non-hydrogen) atoms. The van der Waals surface area contributed by atoms with Crippen LogP contribution in [0.25, 0.3) is 0 Å². The van der Waals surface area contributed by atoms with Crippen LogP contribution in [0.2, 0.25) is 0 Å². The van der Waals surface area contributed by atoms with Crippen LogP contribution in [0.5, 0.6) is 11.5 Å². The normalized spacial score (nSPS) is 13.8. The molecule has 0 aliphatic carbocycles. The Balaban J connectivity index is 1.70. The molecule has 132 valence electrons. The first-order valence-electron chi connectivity index (χ1n) is 8.40. The fraction of sp³-hybridized carbons (Fsp3) is 0.316. The van der Waals surface area contributed by atoms with Gasteiger partial charge in [0.1, 0.15) is 13.2 Å². The van der Waals surface area contributed by atoms with Crippen molar-refractivity contribution in [2.45, 2.75) is 18.9 Å². The SMILES string of the molecule is O=C(Nc1cccc2c1OCCO2)N[C@H](CCCO)c1ccccc1. The number of rotatable bonds is 6. The largest absolute Gasteiger partial charge is 0.486 e. The van der Waals surface area contributed by atoms with E-state index in [2.05, 4.69) is 10.6 Å². The van der Waals surface area contributed by atoms with Gasteiger partial charge < -0.3 is 25.2 Å². The second kappa shape index (κ2) is 8.39. The van der Waals surface area contributed by atoms with Gasteiger partial charge in [-0.05, 0) is 30.5 Å². The smallest absolute Gasteiger partial charge is 0.319 e. The molecule has 3 N–H and O–H groups in total. The molecule has 1 aliphatic heterocycles. The second-order valence-electron chi connectivity index (χ2n) is 5.76. The van der Waals surface area contributed by atoms with Gasteiger partial charge >= 0.3 is 6.03 Å². The summed E-state index contributed by atoms with van der Waals surface area (Å²) < 4.78 is 11.1. The fourth-order valence-electron chi connectivity index (χ4n) is 2.79. The van der Waals surface area contributed by atoms with Crippen molar-refractivity contribution in [1.82, 2.24) is 5.32 Å². The molecule has 0 saturated heterocycles. The lowest BCUT2D eigenvalue weighted by Crippen LogP contribution is -2.33. The third-order valence-corrected chi connectivity index (χ3v) is 3.97. The van der Waals surface area contributed by atoms with Crippen LogP contribution in [0, 0.1) is 0 Å². The molecule has 6 nitrogen and oxygen atoms in total. The van der Waals surface area contributed by atoms with E-state index in [0.29, 0.717) is 43.2 Å². The minimum absolute atomic E-state index is 0.0873. The van der Waals surface area contributed by atoms with Gasteiger partial charge in [-0.1, -0.05) is 36.4 Å². The van der Waals surface area contributed by atoms with Crippen LogP contribution in [0.4, 0.5) is 10.5 Å². The van der Waals surface area contributed by atoms with Crippen LogP contribution < -0.4 is 20.1 Å². The lowest BCUT2D eigenvalue weighted by molar-refractivity contribution is 0.172.